The number of carbonyl (C=O) groups is 6. The number of ether oxygens (including phenoxy) is 9. The lowest BCUT2D eigenvalue weighted by atomic mass is 9.97. The van der Waals surface area contributed by atoms with Gasteiger partial charge in [-0.05, 0) is 60.7 Å². The third-order valence-corrected chi connectivity index (χ3v) is 10.0. The van der Waals surface area contributed by atoms with Crippen molar-refractivity contribution in [3.63, 3.8) is 0 Å². The molecule has 0 bridgehead atoms. The van der Waals surface area contributed by atoms with E-state index in [0.717, 1.165) is 6.92 Å². The second-order valence-corrected chi connectivity index (χ2v) is 14.4. The van der Waals surface area contributed by atoms with Crippen LogP contribution in [0.3, 0.4) is 0 Å². The van der Waals surface area contributed by atoms with Crippen molar-refractivity contribution in [2.45, 2.75) is 62.2 Å². The van der Waals surface area contributed by atoms with E-state index in [2.05, 4.69) is 0 Å². The second-order valence-electron chi connectivity index (χ2n) is 14.4. The van der Waals surface area contributed by atoms with E-state index in [1.165, 1.54) is 60.7 Å². The minimum absolute atomic E-state index is 0.0564. The fourth-order valence-electron chi connectivity index (χ4n) is 6.91. The SMILES string of the molecule is CC(=O)O[C@@H]1C(OC(=O)c2ccccc2)C(O)OC[C@H]1O[C@@H]1OC(COC(=O)c2ccccc2)[C@H](OC(=O)c2ccccc2)[C@H](OC(=O)c2ccccc2)C1OC(=O)c1ccccc1. The molecule has 9 atom stereocenters. The van der Waals surface area contributed by atoms with Crippen molar-refractivity contribution in [3.05, 3.63) is 179 Å². The maximum absolute atomic E-state index is 14.0. The Morgan fingerprint density at radius 3 is 1.28 bits per heavy atom. The average molecular weight is 875 g/mol. The Morgan fingerprint density at radius 1 is 0.484 bits per heavy atom. The van der Waals surface area contributed by atoms with Gasteiger partial charge in [-0.25, -0.2) is 24.0 Å². The van der Waals surface area contributed by atoms with Gasteiger partial charge in [0.25, 0.3) is 0 Å². The number of aliphatic hydroxyl groups excluding tert-OH is 1. The lowest BCUT2D eigenvalue weighted by molar-refractivity contribution is -0.338. The van der Waals surface area contributed by atoms with Gasteiger partial charge in [0.1, 0.15) is 18.8 Å². The molecule has 5 aromatic carbocycles. The van der Waals surface area contributed by atoms with Crippen molar-refractivity contribution in [2.75, 3.05) is 13.2 Å². The third kappa shape index (κ3) is 11.2. The van der Waals surface area contributed by atoms with Crippen molar-refractivity contribution in [1.29, 1.82) is 0 Å². The van der Waals surface area contributed by atoms with Gasteiger partial charge in [-0.2, -0.15) is 0 Å². The van der Waals surface area contributed by atoms with Crippen LogP contribution < -0.4 is 0 Å². The molecule has 1 N–H and O–H groups in total. The van der Waals surface area contributed by atoms with Crippen LogP contribution in [0, 0.1) is 0 Å². The van der Waals surface area contributed by atoms with Gasteiger partial charge >= 0.3 is 35.8 Å². The molecule has 2 fully saturated rings. The Kier molecular flexibility index (Phi) is 14.9. The predicted molar refractivity (Wildman–Crippen MR) is 220 cm³/mol. The summed E-state index contributed by atoms with van der Waals surface area (Å²) in [6, 6.07) is 39.2. The first kappa shape index (κ1) is 44.8. The molecule has 0 aromatic heterocycles. The first-order valence-corrected chi connectivity index (χ1v) is 20.1. The van der Waals surface area contributed by atoms with Crippen LogP contribution in [-0.2, 0) is 47.4 Å². The molecule has 16 nitrogen and oxygen atoms in total. The van der Waals surface area contributed by atoms with Gasteiger partial charge in [-0.3, -0.25) is 4.79 Å². The summed E-state index contributed by atoms with van der Waals surface area (Å²) in [6.07, 6.45) is -15.2. The van der Waals surface area contributed by atoms with E-state index in [1.54, 1.807) is 91.0 Å². The summed E-state index contributed by atoms with van der Waals surface area (Å²) < 4.78 is 53.7. The number of rotatable bonds is 14. The molecule has 16 heteroatoms. The van der Waals surface area contributed by atoms with Crippen molar-refractivity contribution in [3.8, 4) is 0 Å². The van der Waals surface area contributed by atoms with E-state index in [1.807, 2.05) is 0 Å². The lowest BCUT2D eigenvalue weighted by Gasteiger charge is -2.46. The normalized spacial score (nSPS) is 23.9. The zero-order valence-electron chi connectivity index (χ0n) is 34.1. The number of hydrogen-bond donors (Lipinski definition) is 1. The topological polar surface area (TPSA) is 206 Å². The van der Waals surface area contributed by atoms with Crippen LogP contribution in [-0.4, -0.2) is 109 Å². The van der Waals surface area contributed by atoms with E-state index in [4.69, 9.17) is 42.6 Å². The van der Waals surface area contributed by atoms with Gasteiger partial charge in [0, 0.05) is 6.92 Å². The molecule has 0 saturated carbocycles. The molecular formula is C48H42O16. The number of esters is 6. The van der Waals surface area contributed by atoms with Crippen LogP contribution in [0.4, 0.5) is 0 Å². The van der Waals surface area contributed by atoms with Crippen molar-refractivity contribution in [2.24, 2.45) is 0 Å². The molecule has 0 aliphatic carbocycles. The lowest BCUT2D eigenvalue weighted by Crippen LogP contribution is -2.65. The first-order valence-electron chi connectivity index (χ1n) is 20.1. The van der Waals surface area contributed by atoms with E-state index in [0.29, 0.717) is 0 Å². The summed E-state index contributed by atoms with van der Waals surface area (Å²) >= 11 is 0. The van der Waals surface area contributed by atoms with E-state index < -0.39 is 104 Å². The van der Waals surface area contributed by atoms with Gasteiger partial charge in [0.15, 0.2) is 43.1 Å². The molecule has 2 heterocycles. The zero-order valence-corrected chi connectivity index (χ0v) is 34.1. The van der Waals surface area contributed by atoms with Crippen LogP contribution in [0.15, 0.2) is 152 Å². The van der Waals surface area contributed by atoms with Crippen LogP contribution in [0.2, 0.25) is 0 Å². The highest BCUT2D eigenvalue weighted by Gasteiger charge is 2.56. The molecule has 0 spiro atoms. The highest BCUT2D eigenvalue weighted by Crippen LogP contribution is 2.34. The Labute approximate surface area is 366 Å². The minimum atomic E-state index is -1.85. The molecule has 2 aliphatic heterocycles. The molecule has 2 saturated heterocycles. The maximum atomic E-state index is 14.0. The summed E-state index contributed by atoms with van der Waals surface area (Å²) in [6.45, 7) is -0.0890. The van der Waals surface area contributed by atoms with Gasteiger partial charge in [-0.15, -0.1) is 0 Å². The van der Waals surface area contributed by atoms with Crippen LogP contribution in [0.5, 0.6) is 0 Å². The van der Waals surface area contributed by atoms with E-state index >= 15 is 0 Å². The minimum Gasteiger partial charge on any atom is -0.459 e. The summed E-state index contributed by atoms with van der Waals surface area (Å²) in [4.78, 5) is 81.1. The number of benzene rings is 5. The highest BCUT2D eigenvalue weighted by atomic mass is 16.8. The van der Waals surface area contributed by atoms with Crippen molar-refractivity contribution in [1.82, 2.24) is 0 Å². The summed E-state index contributed by atoms with van der Waals surface area (Å²) in [5.41, 5.74) is 0.484. The molecule has 330 valence electrons. The molecular weight excluding hydrogens is 833 g/mol. The fraction of sp³-hybridized carbons (Fsp3) is 0.250. The zero-order chi connectivity index (χ0) is 45.0. The number of carbonyl (C=O) groups excluding carboxylic acids is 6. The molecule has 2 aliphatic rings. The molecule has 0 radical (unpaired) electrons. The Bertz CT molecular complexity index is 2360. The Morgan fingerprint density at radius 2 is 0.859 bits per heavy atom. The fourth-order valence-corrected chi connectivity index (χ4v) is 6.91. The first-order chi connectivity index (χ1) is 31.0. The Hall–Kier alpha value is -7.24. The smallest absolute Gasteiger partial charge is 0.338 e. The molecule has 4 unspecified atom stereocenters. The summed E-state index contributed by atoms with van der Waals surface area (Å²) in [5, 5.41) is 11.0. The van der Waals surface area contributed by atoms with E-state index in [9.17, 15) is 33.9 Å². The van der Waals surface area contributed by atoms with Crippen LogP contribution in [0.1, 0.15) is 58.7 Å². The van der Waals surface area contributed by atoms with E-state index in [-0.39, 0.29) is 27.8 Å². The van der Waals surface area contributed by atoms with Gasteiger partial charge in [0.2, 0.25) is 0 Å². The molecule has 5 aromatic rings. The molecule has 64 heavy (non-hydrogen) atoms. The van der Waals surface area contributed by atoms with Gasteiger partial charge < -0.3 is 47.7 Å². The quantitative estimate of drug-likeness (QED) is 0.113. The van der Waals surface area contributed by atoms with Gasteiger partial charge in [0.05, 0.1) is 34.4 Å². The standard InChI is InChI=1S/C48H42O16/c1-29(49)58-38-36(28-57-47(55)40(38)63-45(53)33-23-13-5-14-24-33)60-48-41(64-46(54)34-25-15-6-16-26-34)39(62-44(52)32-21-11-4-12-22-32)37(61-43(51)31-19-9-3-10-20-31)35(59-48)27-56-42(50)30-17-7-2-8-18-30/h2-26,35-41,47-48,55H,27-28H2,1H3/t35?,36-,37+,38+,39+,40?,41?,47?,48+/m1/s1. The highest BCUT2D eigenvalue weighted by molar-refractivity contribution is 5.92. The molecule has 0 amide bonds. The van der Waals surface area contributed by atoms with Crippen molar-refractivity contribution < 1.29 is 76.5 Å². The number of aliphatic hydroxyl groups is 1. The van der Waals surface area contributed by atoms with Crippen LogP contribution in [0.25, 0.3) is 0 Å². The van der Waals surface area contributed by atoms with Gasteiger partial charge in [-0.1, -0.05) is 91.0 Å². The second kappa shape index (κ2) is 21.2. The monoisotopic (exact) mass is 874 g/mol. The van der Waals surface area contributed by atoms with Crippen molar-refractivity contribution >= 4 is 35.8 Å². The Balaban J connectivity index is 1.30. The third-order valence-electron chi connectivity index (χ3n) is 10.0. The molecule has 7 rings (SSSR count). The number of hydrogen-bond acceptors (Lipinski definition) is 16. The summed E-state index contributed by atoms with van der Waals surface area (Å²) in [5.74, 6) is -5.36. The average Bonchev–Trinajstić information content (AvgIpc) is 3.33. The largest absolute Gasteiger partial charge is 0.459 e. The predicted octanol–water partition coefficient (Wildman–Crippen LogP) is 5.14. The maximum Gasteiger partial charge on any atom is 0.338 e. The van der Waals surface area contributed by atoms with Crippen LogP contribution >= 0.6 is 0 Å². The summed E-state index contributed by atoms with van der Waals surface area (Å²) in [7, 11) is 0.